The number of H-pyrrole nitrogens is 1. The SMILES string of the molecule is Cc1ccc2nc(N3C(=O)C(=O)/C(=C(/O)c4cccc(Cl)c4)C3c3ccc(OC(C)C)cc3)[nH]c2c1. The average Bonchev–Trinajstić information content (AvgIpc) is 3.36. The van der Waals surface area contributed by atoms with Crippen LogP contribution in [-0.2, 0) is 9.59 Å². The Morgan fingerprint density at radius 3 is 2.53 bits per heavy atom. The first-order valence-electron chi connectivity index (χ1n) is 11.5. The number of aromatic nitrogens is 2. The monoisotopic (exact) mass is 501 g/mol. The van der Waals surface area contributed by atoms with Crippen LogP contribution in [0, 0.1) is 6.92 Å². The van der Waals surface area contributed by atoms with E-state index >= 15 is 0 Å². The van der Waals surface area contributed by atoms with Crippen LogP contribution < -0.4 is 9.64 Å². The van der Waals surface area contributed by atoms with Crippen LogP contribution in [0.3, 0.4) is 0 Å². The number of hydrogen-bond acceptors (Lipinski definition) is 5. The Labute approximate surface area is 213 Å². The van der Waals surface area contributed by atoms with Gasteiger partial charge in [0.25, 0.3) is 5.78 Å². The number of imidazole rings is 1. The number of amides is 1. The van der Waals surface area contributed by atoms with Crippen molar-refractivity contribution in [1.82, 2.24) is 9.97 Å². The van der Waals surface area contributed by atoms with Crippen LogP contribution in [0.25, 0.3) is 16.8 Å². The van der Waals surface area contributed by atoms with E-state index in [4.69, 9.17) is 16.3 Å². The minimum absolute atomic E-state index is 0.0108. The maximum absolute atomic E-state index is 13.4. The fraction of sp³-hybridized carbons (Fsp3) is 0.179. The zero-order valence-corrected chi connectivity index (χ0v) is 20.7. The van der Waals surface area contributed by atoms with Crippen molar-refractivity contribution < 1.29 is 19.4 Å². The molecule has 1 aliphatic rings. The Kier molecular flexibility index (Phi) is 6.02. The van der Waals surface area contributed by atoms with Gasteiger partial charge in [-0.25, -0.2) is 4.98 Å². The van der Waals surface area contributed by atoms with Gasteiger partial charge in [0.15, 0.2) is 0 Å². The number of aromatic amines is 1. The highest BCUT2D eigenvalue weighted by atomic mass is 35.5. The molecule has 8 heteroatoms. The molecule has 5 rings (SSSR count). The van der Waals surface area contributed by atoms with Gasteiger partial charge in [0.05, 0.1) is 28.8 Å². The number of ether oxygens (including phenoxy) is 1. The van der Waals surface area contributed by atoms with E-state index in [1.807, 2.05) is 39.0 Å². The van der Waals surface area contributed by atoms with Gasteiger partial charge >= 0.3 is 5.91 Å². The maximum atomic E-state index is 13.4. The molecule has 1 amide bonds. The van der Waals surface area contributed by atoms with Crippen LogP contribution in [0.4, 0.5) is 5.95 Å². The number of benzene rings is 3. The number of ketones is 1. The lowest BCUT2D eigenvalue weighted by Gasteiger charge is -2.23. The number of carbonyl (C=O) groups excluding carboxylic acids is 2. The molecule has 0 spiro atoms. The molecule has 0 radical (unpaired) electrons. The lowest BCUT2D eigenvalue weighted by Crippen LogP contribution is -2.30. The lowest BCUT2D eigenvalue weighted by atomic mass is 9.95. The summed E-state index contributed by atoms with van der Waals surface area (Å²) in [6.07, 6.45) is -0.0108. The van der Waals surface area contributed by atoms with Gasteiger partial charge in [0.1, 0.15) is 11.5 Å². The summed E-state index contributed by atoms with van der Waals surface area (Å²) >= 11 is 6.13. The van der Waals surface area contributed by atoms with Crippen molar-refractivity contribution in [2.75, 3.05) is 4.90 Å². The molecule has 1 saturated heterocycles. The normalized spacial score (nSPS) is 17.4. The average molecular weight is 502 g/mol. The summed E-state index contributed by atoms with van der Waals surface area (Å²) in [6, 6.07) is 18.4. The second-order valence-electron chi connectivity index (χ2n) is 9.00. The van der Waals surface area contributed by atoms with Crippen molar-refractivity contribution in [2.24, 2.45) is 0 Å². The van der Waals surface area contributed by atoms with Crippen molar-refractivity contribution in [3.63, 3.8) is 0 Å². The fourth-order valence-corrected chi connectivity index (χ4v) is 4.57. The van der Waals surface area contributed by atoms with Crippen molar-refractivity contribution in [3.8, 4) is 5.75 Å². The third kappa shape index (κ3) is 4.22. The minimum Gasteiger partial charge on any atom is -0.507 e. The van der Waals surface area contributed by atoms with Crippen molar-refractivity contribution in [1.29, 1.82) is 0 Å². The number of nitrogens with zero attached hydrogens (tertiary/aromatic N) is 2. The second kappa shape index (κ2) is 9.17. The first-order chi connectivity index (χ1) is 17.2. The number of aryl methyl sites for hydroxylation is 1. The molecule has 36 heavy (non-hydrogen) atoms. The largest absolute Gasteiger partial charge is 0.507 e. The molecule has 1 aliphatic heterocycles. The molecular formula is C28H24ClN3O4. The number of aliphatic hydroxyl groups is 1. The van der Waals surface area contributed by atoms with Crippen LogP contribution >= 0.6 is 11.6 Å². The summed E-state index contributed by atoms with van der Waals surface area (Å²) in [5.41, 5.74) is 3.33. The molecule has 1 aromatic heterocycles. The van der Waals surface area contributed by atoms with Crippen molar-refractivity contribution >= 4 is 46.0 Å². The molecule has 1 unspecified atom stereocenters. The zero-order valence-electron chi connectivity index (χ0n) is 19.9. The zero-order chi connectivity index (χ0) is 25.6. The molecule has 2 heterocycles. The molecule has 0 saturated carbocycles. The second-order valence-corrected chi connectivity index (χ2v) is 9.43. The predicted molar refractivity (Wildman–Crippen MR) is 139 cm³/mol. The number of anilines is 1. The van der Waals surface area contributed by atoms with Gasteiger partial charge in [-0.05, 0) is 68.3 Å². The Balaban J connectivity index is 1.69. The number of aliphatic hydroxyl groups excluding tert-OH is 1. The van der Waals surface area contributed by atoms with Gasteiger partial charge in [-0.2, -0.15) is 0 Å². The maximum Gasteiger partial charge on any atom is 0.302 e. The van der Waals surface area contributed by atoms with E-state index in [0.29, 0.717) is 27.4 Å². The van der Waals surface area contributed by atoms with E-state index < -0.39 is 17.7 Å². The number of rotatable bonds is 5. The highest BCUT2D eigenvalue weighted by molar-refractivity contribution is 6.51. The molecular weight excluding hydrogens is 478 g/mol. The third-order valence-electron chi connectivity index (χ3n) is 5.96. The van der Waals surface area contributed by atoms with Gasteiger partial charge in [0, 0.05) is 10.6 Å². The number of carbonyl (C=O) groups is 2. The third-order valence-corrected chi connectivity index (χ3v) is 6.20. The fourth-order valence-electron chi connectivity index (χ4n) is 4.38. The van der Waals surface area contributed by atoms with E-state index in [1.165, 1.54) is 4.90 Å². The summed E-state index contributed by atoms with van der Waals surface area (Å²) in [7, 11) is 0. The summed E-state index contributed by atoms with van der Waals surface area (Å²) in [5.74, 6) is -1.04. The molecule has 3 aromatic carbocycles. The van der Waals surface area contributed by atoms with Gasteiger partial charge < -0.3 is 14.8 Å². The Morgan fingerprint density at radius 1 is 1.08 bits per heavy atom. The highest BCUT2D eigenvalue weighted by Crippen LogP contribution is 2.42. The van der Waals surface area contributed by atoms with E-state index in [0.717, 1.165) is 11.1 Å². The van der Waals surface area contributed by atoms with E-state index in [1.54, 1.807) is 48.5 Å². The smallest absolute Gasteiger partial charge is 0.302 e. The molecule has 4 aromatic rings. The number of nitrogens with one attached hydrogen (secondary N) is 1. The first-order valence-corrected chi connectivity index (χ1v) is 11.9. The molecule has 2 N–H and O–H groups in total. The highest BCUT2D eigenvalue weighted by Gasteiger charge is 2.48. The van der Waals surface area contributed by atoms with Gasteiger partial charge in [-0.1, -0.05) is 41.9 Å². The molecule has 1 atom stereocenters. The lowest BCUT2D eigenvalue weighted by molar-refractivity contribution is -0.132. The molecule has 0 aliphatic carbocycles. The number of hydrogen-bond donors (Lipinski definition) is 2. The van der Waals surface area contributed by atoms with Crippen LogP contribution in [0.15, 0.2) is 72.3 Å². The quantitative estimate of drug-likeness (QED) is 0.200. The Hall–Kier alpha value is -4.10. The van der Waals surface area contributed by atoms with Crippen LogP contribution in [0.1, 0.15) is 36.6 Å². The summed E-state index contributed by atoms with van der Waals surface area (Å²) < 4.78 is 5.75. The van der Waals surface area contributed by atoms with Gasteiger partial charge in [-0.15, -0.1) is 0 Å². The van der Waals surface area contributed by atoms with E-state index in [2.05, 4.69) is 9.97 Å². The van der Waals surface area contributed by atoms with E-state index in [9.17, 15) is 14.7 Å². The van der Waals surface area contributed by atoms with Crippen LogP contribution in [0.2, 0.25) is 5.02 Å². The first kappa shape index (κ1) is 23.6. The summed E-state index contributed by atoms with van der Waals surface area (Å²) in [5, 5.41) is 11.6. The number of halogens is 1. The number of Topliss-reactive ketones (excluding diaryl/α,β-unsaturated/α-hetero) is 1. The summed E-state index contributed by atoms with van der Waals surface area (Å²) in [4.78, 5) is 35.8. The molecule has 7 nitrogen and oxygen atoms in total. The molecule has 0 bridgehead atoms. The standard InChI is InChI=1S/C28H24ClN3O4/c1-15(2)36-20-10-8-17(9-11-20)24-23(25(33)18-5-4-6-19(29)14-18)26(34)27(35)32(24)28-30-21-12-7-16(3)13-22(21)31-28/h4-15,24,33H,1-3H3,(H,30,31)/b25-23+. The molecule has 1 fully saturated rings. The summed E-state index contributed by atoms with van der Waals surface area (Å²) in [6.45, 7) is 5.81. The van der Waals surface area contributed by atoms with Crippen molar-refractivity contribution in [2.45, 2.75) is 32.9 Å². The Bertz CT molecular complexity index is 1520. The van der Waals surface area contributed by atoms with E-state index in [-0.39, 0.29) is 23.4 Å². The minimum atomic E-state index is -0.918. The Morgan fingerprint density at radius 2 is 1.83 bits per heavy atom. The van der Waals surface area contributed by atoms with Crippen LogP contribution in [-0.4, -0.2) is 32.9 Å². The predicted octanol–water partition coefficient (Wildman–Crippen LogP) is 5.94. The van der Waals surface area contributed by atoms with Crippen molar-refractivity contribution in [3.05, 3.63) is 94.0 Å². The van der Waals surface area contributed by atoms with Crippen LogP contribution in [0.5, 0.6) is 5.75 Å². The molecule has 182 valence electrons. The van der Waals surface area contributed by atoms with Gasteiger partial charge in [-0.3, -0.25) is 14.5 Å². The van der Waals surface area contributed by atoms with Gasteiger partial charge in [0.2, 0.25) is 5.95 Å². The number of fused-ring (bicyclic) bond motifs is 1. The topological polar surface area (TPSA) is 95.5 Å².